The minimum atomic E-state index is -8.43. The van der Waals surface area contributed by atoms with E-state index in [-0.39, 0.29) is 0 Å². The quantitative estimate of drug-likeness (QED) is 0.384. The van der Waals surface area contributed by atoms with E-state index in [1.54, 1.807) is 0 Å². The highest BCUT2D eigenvalue weighted by molar-refractivity contribution is 5.79. The lowest BCUT2D eigenvalue weighted by atomic mass is 9.91. The molecule has 168 valence electrons. The number of rotatable bonds is 7. The van der Waals surface area contributed by atoms with Crippen molar-refractivity contribution in [1.29, 1.82) is 0 Å². The Hall–Kier alpha value is -1.58. The van der Waals surface area contributed by atoms with E-state index in [0.29, 0.717) is 13.8 Å². The molecule has 0 unspecified atom stereocenters. The molecule has 0 aromatic heterocycles. The number of ether oxygens (including phenoxy) is 1. The fourth-order valence-corrected chi connectivity index (χ4v) is 1.38. The van der Waals surface area contributed by atoms with Gasteiger partial charge in [0.1, 0.15) is 0 Å². The van der Waals surface area contributed by atoms with Gasteiger partial charge in [0.15, 0.2) is 0 Å². The van der Waals surface area contributed by atoms with Crippen LogP contribution >= 0.6 is 0 Å². The Bertz CT molecular complexity index is 589. The number of hydrogen-bond donors (Lipinski definition) is 0. The van der Waals surface area contributed by atoms with Gasteiger partial charge in [-0.05, 0) is 13.8 Å². The van der Waals surface area contributed by atoms with Gasteiger partial charge in [0.25, 0.3) is 0 Å². The molecule has 0 aromatic rings. The number of esters is 1. The van der Waals surface area contributed by atoms with Gasteiger partial charge in [0, 0.05) is 0 Å². The number of halogens is 15. The maximum absolute atomic E-state index is 13.3. The van der Waals surface area contributed by atoms with Gasteiger partial charge in [0.05, 0.1) is 6.10 Å². The molecule has 0 radical (unpaired) electrons. The molecule has 0 fully saturated rings. The fourth-order valence-electron chi connectivity index (χ4n) is 1.38. The Morgan fingerprint density at radius 1 is 0.571 bits per heavy atom. The van der Waals surface area contributed by atoms with Crippen LogP contribution < -0.4 is 0 Å². The number of alkyl halides is 15. The van der Waals surface area contributed by atoms with Gasteiger partial charge in [0.2, 0.25) is 0 Å². The third-order valence-corrected chi connectivity index (χ3v) is 2.93. The van der Waals surface area contributed by atoms with E-state index >= 15 is 0 Å². The largest absolute Gasteiger partial charge is 0.460 e. The van der Waals surface area contributed by atoms with E-state index < -0.39 is 53.8 Å². The zero-order valence-electron chi connectivity index (χ0n) is 13.1. The van der Waals surface area contributed by atoms with Crippen molar-refractivity contribution in [3.05, 3.63) is 0 Å². The normalized spacial score (nSPS) is 15.8. The lowest BCUT2D eigenvalue weighted by Gasteiger charge is -2.40. The molecule has 0 rings (SSSR count). The molecule has 0 spiro atoms. The predicted molar refractivity (Wildman–Crippen MR) is 57.0 cm³/mol. The second-order valence-corrected chi connectivity index (χ2v) is 5.40. The molecule has 0 aliphatic heterocycles. The third kappa shape index (κ3) is 3.44. The Labute approximate surface area is 144 Å². The van der Waals surface area contributed by atoms with E-state index in [0.717, 1.165) is 0 Å². The molecule has 0 saturated heterocycles. The van der Waals surface area contributed by atoms with Crippen molar-refractivity contribution in [2.45, 2.75) is 61.7 Å². The molecule has 0 atom stereocenters. The van der Waals surface area contributed by atoms with Crippen LogP contribution in [-0.2, 0) is 9.53 Å². The number of carbonyl (C=O) groups excluding carboxylic acids is 1. The zero-order chi connectivity index (χ0) is 23.4. The highest BCUT2D eigenvalue weighted by Gasteiger charge is 2.94. The van der Waals surface area contributed by atoms with Crippen LogP contribution in [0.15, 0.2) is 0 Å². The summed E-state index contributed by atoms with van der Waals surface area (Å²) in [6.45, 7) is 1.33. The van der Waals surface area contributed by atoms with Crippen molar-refractivity contribution in [3.63, 3.8) is 0 Å². The first-order chi connectivity index (χ1) is 11.8. The van der Waals surface area contributed by atoms with Gasteiger partial charge >= 0.3 is 47.7 Å². The first-order valence-corrected chi connectivity index (χ1v) is 6.38. The summed E-state index contributed by atoms with van der Waals surface area (Å²) < 4.78 is 195. The molecule has 0 aliphatic carbocycles. The Balaban J connectivity index is 6.51. The van der Waals surface area contributed by atoms with E-state index in [1.807, 2.05) is 0 Å². The average molecular weight is 456 g/mol. The van der Waals surface area contributed by atoms with Gasteiger partial charge in [-0.1, -0.05) is 0 Å². The summed E-state index contributed by atoms with van der Waals surface area (Å²) in [5.41, 5.74) is 0. The monoisotopic (exact) mass is 456 g/mol. The van der Waals surface area contributed by atoms with Crippen molar-refractivity contribution in [2.24, 2.45) is 0 Å². The molecule has 17 heteroatoms. The maximum Gasteiger partial charge on any atom is 0.460 e. The molecule has 0 aliphatic rings. The van der Waals surface area contributed by atoms with Crippen molar-refractivity contribution in [3.8, 4) is 0 Å². The molecule has 0 amide bonds. The van der Waals surface area contributed by atoms with Crippen LogP contribution in [0.5, 0.6) is 0 Å². The molecular formula is C11H7F15O2. The highest BCUT2D eigenvalue weighted by atomic mass is 19.4. The van der Waals surface area contributed by atoms with E-state index in [2.05, 4.69) is 4.74 Å². The second-order valence-electron chi connectivity index (χ2n) is 5.40. The van der Waals surface area contributed by atoms with Crippen LogP contribution in [0.3, 0.4) is 0 Å². The van der Waals surface area contributed by atoms with Gasteiger partial charge in [-0.3, -0.25) is 0 Å². The molecule has 0 saturated carbocycles. The summed E-state index contributed by atoms with van der Waals surface area (Å²) in [4.78, 5) is 10.8. The van der Waals surface area contributed by atoms with Crippen LogP contribution in [0.2, 0.25) is 0 Å². The Morgan fingerprint density at radius 2 is 0.857 bits per heavy atom. The molecular weight excluding hydrogens is 449 g/mol. The number of hydrogen-bond acceptors (Lipinski definition) is 2. The van der Waals surface area contributed by atoms with Gasteiger partial charge in [-0.2, -0.15) is 65.9 Å². The van der Waals surface area contributed by atoms with Gasteiger partial charge in [-0.15, -0.1) is 0 Å². The summed E-state index contributed by atoms with van der Waals surface area (Å²) >= 11 is 0. The van der Waals surface area contributed by atoms with E-state index in [4.69, 9.17) is 0 Å². The topological polar surface area (TPSA) is 26.3 Å². The van der Waals surface area contributed by atoms with Crippen LogP contribution in [0.25, 0.3) is 0 Å². The first kappa shape index (κ1) is 26.4. The molecule has 28 heavy (non-hydrogen) atoms. The van der Waals surface area contributed by atoms with Gasteiger partial charge < -0.3 is 4.74 Å². The predicted octanol–water partition coefficient (Wildman–Crippen LogP) is 5.31. The van der Waals surface area contributed by atoms with Crippen molar-refractivity contribution in [1.82, 2.24) is 0 Å². The molecule has 0 N–H and O–H groups in total. The Morgan fingerprint density at radius 3 is 1.14 bits per heavy atom. The van der Waals surface area contributed by atoms with E-state index in [9.17, 15) is 70.7 Å². The standard InChI is InChI=1S/C11H7F15O2/c1-3(2)28-4(27)5(12,13)6(14,15)7(16,17)8(18,19)9(20,21)10(22,23)11(24,25)26/h3H,1-2H3. The van der Waals surface area contributed by atoms with Crippen LogP contribution in [0, 0.1) is 0 Å². The van der Waals surface area contributed by atoms with Crippen LogP contribution in [0.4, 0.5) is 65.9 Å². The van der Waals surface area contributed by atoms with Crippen LogP contribution in [0.1, 0.15) is 13.8 Å². The summed E-state index contributed by atoms with van der Waals surface area (Å²) in [5.74, 6) is -51.7. The van der Waals surface area contributed by atoms with Crippen LogP contribution in [-0.4, -0.2) is 53.8 Å². The fraction of sp³-hybridized carbons (Fsp3) is 0.909. The lowest BCUT2D eigenvalue weighted by molar-refractivity contribution is -0.450. The first-order valence-electron chi connectivity index (χ1n) is 6.38. The van der Waals surface area contributed by atoms with Crippen molar-refractivity contribution >= 4 is 5.97 Å². The molecule has 2 nitrogen and oxygen atoms in total. The molecule has 0 heterocycles. The summed E-state index contributed by atoms with van der Waals surface area (Å²) in [5, 5.41) is 0. The van der Waals surface area contributed by atoms with E-state index in [1.165, 1.54) is 0 Å². The third-order valence-electron chi connectivity index (χ3n) is 2.93. The van der Waals surface area contributed by atoms with Crippen molar-refractivity contribution < 1.29 is 75.4 Å². The minimum absolute atomic E-state index is 0.664. The SMILES string of the molecule is CC(C)OC(=O)C(F)(F)C(F)(F)C(F)(F)C(F)(F)C(F)(F)C(F)(F)C(F)(F)F. The summed E-state index contributed by atoms with van der Waals surface area (Å²) in [6.07, 6.45) is -9.44. The Kier molecular flexibility index (Phi) is 6.36. The number of carbonyl (C=O) groups is 1. The average Bonchev–Trinajstić information content (AvgIpc) is 2.43. The maximum atomic E-state index is 13.3. The minimum Gasteiger partial charge on any atom is -0.458 e. The summed E-state index contributed by atoms with van der Waals surface area (Å²) in [6, 6.07) is 0. The highest BCUT2D eigenvalue weighted by Crippen LogP contribution is 2.62. The summed E-state index contributed by atoms with van der Waals surface area (Å²) in [7, 11) is 0. The molecule has 0 bridgehead atoms. The van der Waals surface area contributed by atoms with Crippen molar-refractivity contribution in [2.75, 3.05) is 0 Å². The lowest BCUT2D eigenvalue weighted by Crippen LogP contribution is -2.73. The zero-order valence-corrected chi connectivity index (χ0v) is 13.1. The smallest absolute Gasteiger partial charge is 0.458 e. The second kappa shape index (κ2) is 6.74. The molecule has 0 aromatic carbocycles. The van der Waals surface area contributed by atoms with Gasteiger partial charge in [-0.25, -0.2) is 4.79 Å².